The van der Waals surface area contributed by atoms with Crippen LogP contribution in [0.1, 0.15) is 55.0 Å². The minimum absolute atomic E-state index is 0.118. The molecule has 0 saturated carbocycles. The fraction of sp³-hybridized carbons (Fsp3) is 0.393. The summed E-state index contributed by atoms with van der Waals surface area (Å²) in [5, 5.41) is 9.01. The molecule has 36 heavy (non-hydrogen) atoms. The van der Waals surface area contributed by atoms with Crippen molar-refractivity contribution in [3.63, 3.8) is 0 Å². The van der Waals surface area contributed by atoms with Crippen LogP contribution in [-0.2, 0) is 10.5 Å². The molecule has 1 N–H and O–H groups in total. The predicted octanol–water partition coefficient (Wildman–Crippen LogP) is 5.86. The summed E-state index contributed by atoms with van der Waals surface area (Å²) in [7, 11) is 3.23. The van der Waals surface area contributed by atoms with E-state index in [1.807, 2.05) is 22.9 Å². The number of fused-ring (bicyclic) bond motifs is 1. The van der Waals surface area contributed by atoms with Crippen LogP contribution in [0.2, 0.25) is 0 Å². The average molecular weight is 505 g/mol. The van der Waals surface area contributed by atoms with E-state index < -0.39 is 0 Å². The van der Waals surface area contributed by atoms with Crippen LogP contribution in [0.5, 0.6) is 11.5 Å². The molecular formula is C28H32N4O3S. The van der Waals surface area contributed by atoms with Crippen LogP contribution in [0.4, 0.5) is 5.95 Å². The summed E-state index contributed by atoms with van der Waals surface area (Å²) in [6, 6.07) is 11.9. The van der Waals surface area contributed by atoms with Gasteiger partial charge in [-0.05, 0) is 54.5 Å². The fourth-order valence-corrected chi connectivity index (χ4v) is 5.97. The summed E-state index contributed by atoms with van der Waals surface area (Å²) in [5.74, 6) is 2.83. The van der Waals surface area contributed by atoms with Gasteiger partial charge in [0.15, 0.2) is 17.3 Å². The number of ether oxygens (including phenoxy) is 2. The standard InChI is InChI=1S/C28H32N4O3S/c1-16-7-8-17(2)19(11-16)15-36-27-30-26-29-20-13-28(3,4)14-21(33)24(20)25(32(26)31-27)18-9-10-22(34-5)23(12-18)35-6/h7-12,25H,13-15H2,1-6H3,(H,29,30,31)/t25-/m0/s1. The molecule has 1 aliphatic carbocycles. The number of nitrogens with one attached hydrogen (secondary N) is 1. The van der Waals surface area contributed by atoms with E-state index in [1.165, 1.54) is 16.7 Å². The highest BCUT2D eigenvalue weighted by atomic mass is 32.2. The first-order chi connectivity index (χ1) is 17.2. The number of hydrogen-bond donors (Lipinski definition) is 1. The zero-order valence-electron chi connectivity index (χ0n) is 21.6. The van der Waals surface area contributed by atoms with Crippen LogP contribution in [0.3, 0.4) is 0 Å². The minimum atomic E-state index is -0.387. The second-order valence-corrected chi connectivity index (χ2v) is 11.3. The lowest BCUT2D eigenvalue weighted by molar-refractivity contribution is -0.118. The number of hydrogen-bond acceptors (Lipinski definition) is 7. The maximum Gasteiger partial charge on any atom is 0.227 e. The highest BCUT2D eigenvalue weighted by Crippen LogP contribution is 2.46. The second-order valence-electron chi connectivity index (χ2n) is 10.4. The van der Waals surface area contributed by atoms with Crippen molar-refractivity contribution in [3.8, 4) is 11.5 Å². The SMILES string of the molecule is COc1ccc([C@H]2C3=C(CC(C)(C)CC3=O)Nc3nc(SCc4cc(C)ccc4C)nn32)cc1OC. The van der Waals surface area contributed by atoms with Crippen LogP contribution in [0.15, 0.2) is 52.8 Å². The number of aryl methyl sites for hydroxylation is 2. The van der Waals surface area contributed by atoms with Crippen LogP contribution in [0, 0.1) is 19.3 Å². The number of carbonyl (C=O) groups excluding carboxylic acids is 1. The number of thioether (sulfide) groups is 1. The molecule has 0 amide bonds. The molecule has 0 unspecified atom stereocenters. The Bertz CT molecular complexity index is 1380. The molecular weight excluding hydrogens is 472 g/mol. The van der Waals surface area contributed by atoms with Gasteiger partial charge in [0.05, 0.1) is 14.2 Å². The highest BCUT2D eigenvalue weighted by Gasteiger charge is 2.42. The molecule has 1 aliphatic heterocycles. The molecule has 0 radical (unpaired) electrons. The van der Waals surface area contributed by atoms with Gasteiger partial charge in [0.1, 0.15) is 6.04 Å². The third-order valence-electron chi connectivity index (χ3n) is 6.90. The molecule has 1 atom stereocenters. The Hall–Kier alpha value is -3.26. The highest BCUT2D eigenvalue weighted by molar-refractivity contribution is 7.98. The van der Waals surface area contributed by atoms with Gasteiger partial charge >= 0.3 is 0 Å². The molecule has 7 nitrogen and oxygen atoms in total. The summed E-state index contributed by atoms with van der Waals surface area (Å²) in [4.78, 5) is 18.3. The van der Waals surface area contributed by atoms with Crippen molar-refractivity contribution in [3.05, 3.63) is 69.9 Å². The van der Waals surface area contributed by atoms with Gasteiger partial charge < -0.3 is 14.8 Å². The minimum Gasteiger partial charge on any atom is -0.493 e. The number of anilines is 1. The predicted molar refractivity (Wildman–Crippen MR) is 142 cm³/mol. The molecule has 2 aliphatic rings. The molecule has 2 heterocycles. The lowest BCUT2D eigenvalue weighted by Gasteiger charge is -2.38. The van der Waals surface area contributed by atoms with E-state index in [1.54, 1.807) is 26.0 Å². The molecule has 3 aromatic rings. The van der Waals surface area contributed by atoms with Gasteiger partial charge in [-0.2, -0.15) is 4.98 Å². The number of rotatable bonds is 6. The van der Waals surface area contributed by atoms with E-state index in [0.717, 1.165) is 29.0 Å². The summed E-state index contributed by atoms with van der Waals surface area (Å²) in [5.41, 5.74) is 6.24. The lowest BCUT2D eigenvalue weighted by atomic mass is 9.73. The number of benzene rings is 2. The third kappa shape index (κ3) is 4.50. The van der Waals surface area contributed by atoms with Gasteiger partial charge in [-0.15, -0.1) is 5.10 Å². The van der Waals surface area contributed by atoms with E-state index in [0.29, 0.717) is 29.0 Å². The monoisotopic (exact) mass is 504 g/mol. The number of nitrogens with zero attached hydrogens (tertiary/aromatic N) is 3. The number of allylic oxidation sites excluding steroid dienone is 2. The van der Waals surface area contributed by atoms with E-state index in [2.05, 4.69) is 51.2 Å². The van der Waals surface area contributed by atoms with Gasteiger partial charge in [-0.3, -0.25) is 4.79 Å². The lowest BCUT2D eigenvalue weighted by Crippen LogP contribution is -2.36. The fourth-order valence-electron chi connectivity index (χ4n) is 5.08. The normalized spacial score (nSPS) is 18.4. The van der Waals surface area contributed by atoms with Gasteiger partial charge in [0.2, 0.25) is 11.1 Å². The molecule has 1 aromatic heterocycles. The molecule has 0 spiro atoms. The van der Waals surface area contributed by atoms with Crippen LogP contribution in [-0.4, -0.2) is 34.8 Å². The summed E-state index contributed by atoms with van der Waals surface area (Å²) >= 11 is 1.60. The van der Waals surface area contributed by atoms with Crippen LogP contribution >= 0.6 is 11.8 Å². The molecule has 188 valence electrons. The molecule has 0 fully saturated rings. The molecule has 0 bridgehead atoms. The summed E-state index contributed by atoms with van der Waals surface area (Å²) in [6.45, 7) is 8.49. The number of methoxy groups -OCH3 is 2. The molecule has 2 aromatic carbocycles. The smallest absolute Gasteiger partial charge is 0.227 e. The Labute approximate surface area is 216 Å². The Morgan fingerprint density at radius 3 is 2.61 bits per heavy atom. The summed E-state index contributed by atoms with van der Waals surface area (Å²) in [6.07, 6.45) is 1.27. The first-order valence-electron chi connectivity index (χ1n) is 12.1. The van der Waals surface area contributed by atoms with E-state index in [-0.39, 0.29) is 17.2 Å². The Morgan fingerprint density at radius 2 is 1.86 bits per heavy atom. The number of carbonyl (C=O) groups is 1. The zero-order valence-corrected chi connectivity index (χ0v) is 22.5. The Kier molecular flexibility index (Phi) is 6.32. The van der Waals surface area contributed by atoms with Crippen molar-refractivity contribution >= 4 is 23.5 Å². The first-order valence-corrected chi connectivity index (χ1v) is 13.1. The first kappa shape index (κ1) is 24.4. The van der Waals surface area contributed by atoms with E-state index >= 15 is 0 Å². The maximum absolute atomic E-state index is 13.5. The van der Waals surface area contributed by atoms with Gasteiger partial charge in [0.25, 0.3) is 0 Å². The van der Waals surface area contributed by atoms with Crippen molar-refractivity contribution in [2.45, 2.75) is 57.5 Å². The van der Waals surface area contributed by atoms with E-state index in [9.17, 15) is 4.79 Å². The number of ketones is 1. The average Bonchev–Trinajstić information content (AvgIpc) is 3.24. The van der Waals surface area contributed by atoms with Crippen LogP contribution in [0.25, 0.3) is 0 Å². The zero-order chi connectivity index (χ0) is 25.6. The van der Waals surface area contributed by atoms with Crippen molar-refractivity contribution < 1.29 is 14.3 Å². The molecule has 0 saturated heterocycles. The van der Waals surface area contributed by atoms with Crippen molar-refractivity contribution in [2.24, 2.45) is 5.41 Å². The maximum atomic E-state index is 13.5. The van der Waals surface area contributed by atoms with E-state index in [4.69, 9.17) is 19.6 Å². The topological polar surface area (TPSA) is 78.3 Å². The van der Waals surface area contributed by atoms with Crippen LogP contribution < -0.4 is 14.8 Å². The molecule has 5 rings (SSSR count). The van der Waals surface area contributed by atoms with Gasteiger partial charge in [-0.25, -0.2) is 4.68 Å². The third-order valence-corrected chi connectivity index (χ3v) is 7.78. The number of Topliss-reactive ketones (excluding diaryl/α,β-unsaturated/α-hetero) is 1. The Balaban J connectivity index is 1.56. The van der Waals surface area contributed by atoms with Gasteiger partial charge in [-0.1, -0.05) is 55.4 Å². The Morgan fingerprint density at radius 1 is 1.08 bits per heavy atom. The summed E-state index contributed by atoms with van der Waals surface area (Å²) < 4.78 is 12.9. The largest absolute Gasteiger partial charge is 0.493 e. The van der Waals surface area contributed by atoms with Crippen molar-refractivity contribution in [1.82, 2.24) is 14.8 Å². The second kappa shape index (κ2) is 9.32. The number of aromatic nitrogens is 3. The van der Waals surface area contributed by atoms with Crippen molar-refractivity contribution in [2.75, 3.05) is 19.5 Å². The molecule has 8 heteroatoms. The quantitative estimate of drug-likeness (QED) is 0.421. The van der Waals surface area contributed by atoms with Crippen molar-refractivity contribution in [1.29, 1.82) is 0 Å². The van der Waals surface area contributed by atoms with Gasteiger partial charge in [0, 0.05) is 23.4 Å².